The number of esters is 1. The Kier molecular flexibility index (Phi) is 1.68. The molecule has 0 aromatic carbocycles. The smallest absolute Gasteiger partial charge is 0.331 e. The Hall–Kier alpha value is -1.05. The summed E-state index contributed by atoms with van der Waals surface area (Å²) in [5.41, 5.74) is 0. The van der Waals surface area contributed by atoms with Gasteiger partial charge in [-0.05, 0) is 19.1 Å². The van der Waals surface area contributed by atoms with Crippen molar-refractivity contribution in [2.45, 2.75) is 13.0 Å². The molecular weight excluding hydrogens is 116 g/mol. The van der Waals surface area contributed by atoms with Crippen LogP contribution < -0.4 is 0 Å². The molecule has 2 heteroatoms. The highest BCUT2D eigenvalue weighted by atomic mass is 16.5. The Bertz CT molecular complexity index is 168. The van der Waals surface area contributed by atoms with Crippen LogP contribution in [0.25, 0.3) is 0 Å². The number of carbonyl (C=O) groups is 1. The maximum Gasteiger partial charge on any atom is 0.331 e. The molecule has 0 radical (unpaired) electrons. The van der Waals surface area contributed by atoms with E-state index in [-0.39, 0.29) is 12.1 Å². The third kappa shape index (κ3) is 1.42. The molecule has 1 atom stereocenters. The number of allylic oxidation sites excluding steroid dienone is 1. The quantitative estimate of drug-likeness (QED) is 0.385. The Balaban J connectivity index is 2.50. The van der Waals surface area contributed by atoms with E-state index >= 15 is 0 Å². The Labute approximate surface area is 53.8 Å². The lowest BCUT2D eigenvalue weighted by Gasteiger charge is -1.98. The van der Waals surface area contributed by atoms with Gasteiger partial charge in [-0.2, -0.15) is 0 Å². The summed E-state index contributed by atoms with van der Waals surface area (Å²) < 4.78 is 4.76. The molecule has 0 spiro atoms. The van der Waals surface area contributed by atoms with Crippen LogP contribution in [0, 0.1) is 0 Å². The first kappa shape index (κ1) is 6.08. The summed E-state index contributed by atoms with van der Waals surface area (Å²) in [4.78, 5) is 10.4. The molecule has 48 valence electrons. The molecular formula is C7H8O2. The van der Waals surface area contributed by atoms with Gasteiger partial charge in [0.1, 0.15) is 6.10 Å². The van der Waals surface area contributed by atoms with E-state index in [4.69, 9.17) is 4.74 Å². The molecule has 1 aliphatic heterocycles. The molecule has 2 nitrogen and oxygen atoms in total. The SMILES string of the molecule is C/C=C\[C@H]1C=CC(=O)O1. The van der Waals surface area contributed by atoms with Gasteiger partial charge >= 0.3 is 5.97 Å². The van der Waals surface area contributed by atoms with Crippen LogP contribution in [0.4, 0.5) is 0 Å². The van der Waals surface area contributed by atoms with E-state index in [9.17, 15) is 4.79 Å². The molecule has 0 aromatic rings. The Morgan fingerprint density at radius 1 is 1.78 bits per heavy atom. The lowest BCUT2D eigenvalue weighted by Crippen LogP contribution is -2.02. The first-order valence-electron chi connectivity index (χ1n) is 2.84. The van der Waals surface area contributed by atoms with Gasteiger partial charge in [-0.15, -0.1) is 0 Å². The van der Waals surface area contributed by atoms with Crippen molar-refractivity contribution in [3.05, 3.63) is 24.3 Å². The number of ether oxygens (including phenoxy) is 1. The molecule has 1 rings (SSSR count). The molecule has 0 fully saturated rings. The fraction of sp³-hybridized carbons (Fsp3) is 0.286. The number of hydrogen-bond acceptors (Lipinski definition) is 2. The van der Waals surface area contributed by atoms with Crippen molar-refractivity contribution in [3.63, 3.8) is 0 Å². The summed E-state index contributed by atoms with van der Waals surface area (Å²) in [5.74, 6) is -0.252. The van der Waals surface area contributed by atoms with Gasteiger partial charge < -0.3 is 4.74 Å². The van der Waals surface area contributed by atoms with Crippen LogP contribution in [-0.4, -0.2) is 12.1 Å². The summed E-state index contributed by atoms with van der Waals surface area (Å²) >= 11 is 0. The molecule has 0 N–H and O–H groups in total. The maximum atomic E-state index is 10.4. The van der Waals surface area contributed by atoms with Crippen LogP contribution in [-0.2, 0) is 9.53 Å². The number of hydrogen-bond donors (Lipinski definition) is 0. The van der Waals surface area contributed by atoms with Crippen LogP contribution in [0.1, 0.15) is 6.92 Å². The minimum Gasteiger partial charge on any atom is -0.451 e. The largest absolute Gasteiger partial charge is 0.451 e. The van der Waals surface area contributed by atoms with E-state index < -0.39 is 0 Å². The molecule has 0 amide bonds. The van der Waals surface area contributed by atoms with E-state index in [2.05, 4.69) is 0 Å². The maximum absolute atomic E-state index is 10.4. The second kappa shape index (κ2) is 2.49. The van der Waals surface area contributed by atoms with Crippen molar-refractivity contribution < 1.29 is 9.53 Å². The number of rotatable bonds is 1. The molecule has 1 aliphatic rings. The number of cyclic esters (lactones) is 1. The zero-order valence-corrected chi connectivity index (χ0v) is 5.20. The summed E-state index contributed by atoms with van der Waals surface area (Å²) in [6, 6.07) is 0. The summed E-state index contributed by atoms with van der Waals surface area (Å²) in [6.45, 7) is 1.89. The molecule has 0 bridgehead atoms. The first-order valence-corrected chi connectivity index (χ1v) is 2.84. The van der Waals surface area contributed by atoms with E-state index in [1.54, 1.807) is 6.08 Å². The second-order valence-corrected chi connectivity index (χ2v) is 1.79. The third-order valence-corrected chi connectivity index (χ3v) is 1.06. The van der Waals surface area contributed by atoms with Crippen LogP contribution >= 0.6 is 0 Å². The minimum atomic E-state index is -0.252. The van der Waals surface area contributed by atoms with Crippen molar-refractivity contribution in [3.8, 4) is 0 Å². The van der Waals surface area contributed by atoms with Gasteiger partial charge in [0.2, 0.25) is 0 Å². The molecule has 0 saturated carbocycles. The van der Waals surface area contributed by atoms with Crippen LogP contribution in [0.5, 0.6) is 0 Å². The fourth-order valence-corrected chi connectivity index (χ4v) is 0.679. The zero-order chi connectivity index (χ0) is 6.69. The predicted molar refractivity (Wildman–Crippen MR) is 33.8 cm³/mol. The molecule has 0 saturated heterocycles. The van der Waals surface area contributed by atoms with Crippen molar-refractivity contribution in [2.24, 2.45) is 0 Å². The van der Waals surface area contributed by atoms with Crippen LogP contribution in [0.2, 0.25) is 0 Å². The predicted octanol–water partition coefficient (Wildman–Crippen LogP) is 1.04. The van der Waals surface area contributed by atoms with Gasteiger partial charge in [-0.1, -0.05) is 6.08 Å². The third-order valence-electron chi connectivity index (χ3n) is 1.06. The minimum absolute atomic E-state index is 0.123. The topological polar surface area (TPSA) is 26.3 Å². The zero-order valence-electron chi connectivity index (χ0n) is 5.20. The number of carbonyl (C=O) groups excluding carboxylic acids is 1. The van der Waals surface area contributed by atoms with Crippen molar-refractivity contribution in [1.29, 1.82) is 0 Å². The first-order chi connectivity index (χ1) is 4.33. The van der Waals surface area contributed by atoms with Crippen molar-refractivity contribution >= 4 is 5.97 Å². The van der Waals surface area contributed by atoms with Gasteiger partial charge in [0, 0.05) is 6.08 Å². The van der Waals surface area contributed by atoms with Crippen molar-refractivity contribution in [2.75, 3.05) is 0 Å². The normalized spacial score (nSPS) is 25.4. The van der Waals surface area contributed by atoms with Crippen molar-refractivity contribution in [1.82, 2.24) is 0 Å². The van der Waals surface area contributed by atoms with Gasteiger partial charge in [0.25, 0.3) is 0 Å². The van der Waals surface area contributed by atoms with E-state index in [1.807, 2.05) is 19.1 Å². The highest BCUT2D eigenvalue weighted by molar-refractivity contribution is 5.84. The summed E-state index contributed by atoms with van der Waals surface area (Å²) in [7, 11) is 0. The highest BCUT2D eigenvalue weighted by Gasteiger charge is 2.11. The van der Waals surface area contributed by atoms with Gasteiger partial charge in [0.15, 0.2) is 0 Å². The lowest BCUT2D eigenvalue weighted by atomic mass is 10.3. The summed E-state index contributed by atoms with van der Waals surface area (Å²) in [6.07, 6.45) is 6.71. The molecule has 0 unspecified atom stereocenters. The van der Waals surface area contributed by atoms with E-state index in [0.29, 0.717) is 0 Å². The average Bonchev–Trinajstić information content (AvgIpc) is 2.17. The standard InChI is InChI=1S/C7H8O2/c1-2-3-6-4-5-7(8)9-6/h2-6H,1H3/b3-2-/t6-/m0/s1. The Morgan fingerprint density at radius 2 is 2.56 bits per heavy atom. The second-order valence-electron chi connectivity index (χ2n) is 1.79. The average molecular weight is 124 g/mol. The van der Waals surface area contributed by atoms with E-state index in [0.717, 1.165) is 0 Å². The van der Waals surface area contributed by atoms with E-state index in [1.165, 1.54) is 6.08 Å². The van der Waals surface area contributed by atoms with Crippen LogP contribution in [0.3, 0.4) is 0 Å². The lowest BCUT2D eigenvalue weighted by molar-refractivity contribution is -0.137. The fourth-order valence-electron chi connectivity index (χ4n) is 0.679. The van der Waals surface area contributed by atoms with Crippen LogP contribution in [0.15, 0.2) is 24.3 Å². The molecule has 9 heavy (non-hydrogen) atoms. The highest BCUT2D eigenvalue weighted by Crippen LogP contribution is 2.05. The van der Waals surface area contributed by atoms with Gasteiger partial charge in [0.05, 0.1) is 0 Å². The Morgan fingerprint density at radius 3 is 3.00 bits per heavy atom. The monoisotopic (exact) mass is 124 g/mol. The molecule has 0 aromatic heterocycles. The molecule has 1 heterocycles. The molecule has 0 aliphatic carbocycles. The summed E-state index contributed by atoms with van der Waals surface area (Å²) in [5, 5.41) is 0. The van der Waals surface area contributed by atoms with Gasteiger partial charge in [-0.25, -0.2) is 4.79 Å². The van der Waals surface area contributed by atoms with Gasteiger partial charge in [-0.3, -0.25) is 0 Å².